The number of esters is 1. The van der Waals surface area contributed by atoms with E-state index in [2.05, 4.69) is 4.74 Å². The molecule has 3 aromatic carbocycles. The molecule has 1 unspecified atom stereocenters. The number of benzene rings is 3. The van der Waals surface area contributed by atoms with Crippen LogP contribution in [0.25, 0.3) is 10.8 Å². The van der Waals surface area contributed by atoms with E-state index in [0.29, 0.717) is 33.9 Å². The van der Waals surface area contributed by atoms with Crippen molar-refractivity contribution in [3.63, 3.8) is 0 Å². The van der Waals surface area contributed by atoms with E-state index in [-0.39, 0.29) is 28.0 Å². The smallest absolute Gasteiger partial charge is 0.387 e. The van der Waals surface area contributed by atoms with Gasteiger partial charge in [-0.25, -0.2) is 4.79 Å². The maximum Gasteiger partial charge on any atom is 0.387 e. The molecule has 1 saturated carbocycles. The van der Waals surface area contributed by atoms with Crippen LogP contribution in [0.5, 0.6) is 11.5 Å². The minimum absolute atomic E-state index is 0.00113. The molecule has 1 aliphatic rings. The lowest BCUT2D eigenvalue weighted by atomic mass is 10.0. The Hall–Kier alpha value is -3.82. The van der Waals surface area contributed by atoms with E-state index in [1.54, 1.807) is 12.1 Å². The Kier molecular flexibility index (Phi) is 8.89. The third kappa shape index (κ3) is 7.14. The van der Waals surface area contributed by atoms with E-state index in [0.717, 1.165) is 41.7 Å². The number of carbonyl (C=O) groups is 1. The lowest BCUT2D eigenvalue weighted by Crippen LogP contribution is -2.25. The first-order chi connectivity index (χ1) is 20.1. The standard InChI is InChI=1S/C31H28Cl2F2N2O5/c1-36(2)23-9-7-19-11-22(6-5-20(19)12-23)30(38)41-28(14-24-25(32)15-37(39)16-26(24)33)21-8-10-27(42-31(34)35)29(13-21)40-17-18-3-4-18/h5-13,15-16,18,28,31H,3-4,14,17H2,1-2H3. The molecular weight excluding hydrogens is 589 g/mol. The maximum absolute atomic E-state index is 13.5. The van der Waals surface area contributed by atoms with Crippen molar-refractivity contribution in [1.29, 1.82) is 0 Å². The highest BCUT2D eigenvalue weighted by Gasteiger charge is 2.27. The summed E-state index contributed by atoms with van der Waals surface area (Å²) in [6.45, 7) is -2.70. The minimum Gasteiger partial charge on any atom is -0.619 e. The van der Waals surface area contributed by atoms with Gasteiger partial charge in [-0.3, -0.25) is 0 Å². The number of pyridine rings is 1. The average molecular weight is 617 g/mol. The normalized spacial score (nSPS) is 13.7. The van der Waals surface area contributed by atoms with Crippen molar-refractivity contribution >= 4 is 45.6 Å². The van der Waals surface area contributed by atoms with E-state index >= 15 is 0 Å². The van der Waals surface area contributed by atoms with E-state index in [4.69, 9.17) is 32.7 Å². The Morgan fingerprint density at radius 1 is 1.00 bits per heavy atom. The summed E-state index contributed by atoms with van der Waals surface area (Å²) in [6, 6.07) is 15.5. The molecule has 5 rings (SSSR count). The summed E-state index contributed by atoms with van der Waals surface area (Å²) in [5.41, 5.74) is 2.16. The molecule has 1 atom stereocenters. The molecule has 1 fully saturated rings. The zero-order chi connectivity index (χ0) is 30.0. The summed E-state index contributed by atoms with van der Waals surface area (Å²) >= 11 is 12.7. The monoisotopic (exact) mass is 616 g/mol. The molecule has 1 aromatic heterocycles. The highest BCUT2D eigenvalue weighted by molar-refractivity contribution is 6.35. The van der Waals surface area contributed by atoms with Crippen molar-refractivity contribution in [2.75, 3.05) is 25.6 Å². The average Bonchev–Trinajstić information content (AvgIpc) is 3.77. The molecule has 0 amide bonds. The van der Waals surface area contributed by atoms with E-state index in [1.807, 2.05) is 43.3 Å². The first kappa shape index (κ1) is 29.7. The number of hydrogen-bond donors (Lipinski definition) is 0. The van der Waals surface area contributed by atoms with Crippen LogP contribution in [0.1, 0.15) is 40.4 Å². The molecule has 1 aliphatic carbocycles. The Bertz CT molecular complexity index is 1590. The van der Waals surface area contributed by atoms with Gasteiger partial charge >= 0.3 is 12.6 Å². The number of ether oxygens (including phenoxy) is 3. The topological polar surface area (TPSA) is 74.9 Å². The molecular formula is C31H28Cl2F2N2O5. The summed E-state index contributed by atoms with van der Waals surface area (Å²) in [4.78, 5) is 15.5. The summed E-state index contributed by atoms with van der Waals surface area (Å²) in [6.07, 6.45) is 3.33. The maximum atomic E-state index is 13.5. The summed E-state index contributed by atoms with van der Waals surface area (Å²) < 4.78 is 43.2. The molecule has 4 aromatic rings. The number of fused-ring (bicyclic) bond motifs is 1. The largest absolute Gasteiger partial charge is 0.619 e. The number of aromatic nitrogens is 1. The van der Waals surface area contributed by atoms with Gasteiger partial charge in [0.25, 0.3) is 0 Å². The highest BCUT2D eigenvalue weighted by atomic mass is 35.5. The molecule has 220 valence electrons. The van der Waals surface area contributed by atoms with Crippen LogP contribution in [0.3, 0.4) is 0 Å². The summed E-state index contributed by atoms with van der Waals surface area (Å²) in [5, 5.41) is 13.8. The molecule has 0 spiro atoms. The Morgan fingerprint density at radius 2 is 1.69 bits per heavy atom. The van der Waals surface area contributed by atoms with Gasteiger partial charge in [-0.2, -0.15) is 13.5 Å². The van der Waals surface area contributed by atoms with Gasteiger partial charge in [0.1, 0.15) is 16.1 Å². The van der Waals surface area contributed by atoms with E-state index < -0.39 is 18.7 Å². The predicted octanol–water partition coefficient (Wildman–Crippen LogP) is 7.38. The molecule has 0 aliphatic heterocycles. The van der Waals surface area contributed by atoms with E-state index in [1.165, 1.54) is 18.2 Å². The molecule has 0 saturated heterocycles. The second-order valence-electron chi connectivity index (χ2n) is 10.4. The number of hydrogen-bond acceptors (Lipinski definition) is 6. The minimum atomic E-state index is -3.05. The molecule has 1 heterocycles. The molecule has 42 heavy (non-hydrogen) atoms. The van der Waals surface area contributed by atoms with Gasteiger partial charge < -0.3 is 24.3 Å². The zero-order valence-electron chi connectivity index (χ0n) is 22.9. The fourth-order valence-corrected chi connectivity index (χ4v) is 5.10. The first-order valence-corrected chi connectivity index (χ1v) is 14.0. The Labute approximate surface area is 251 Å². The van der Waals surface area contributed by atoms with Crippen LogP contribution in [0, 0.1) is 11.1 Å². The SMILES string of the molecule is CN(C)c1ccc2cc(C(=O)OC(Cc3c(Cl)c[n+]([O-])cc3Cl)c3ccc(OC(F)F)c(OCC4CC4)c3)ccc2c1. The Balaban J connectivity index is 1.49. The van der Waals surface area contributed by atoms with Gasteiger partial charge in [0, 0.05) is 31.8 Å². The van der Waals surface area contributed by atoms with Gasteiger partial charge in [-0.15, -0.1) is 0 Å². The number of halogens is 4. The molecule has 7 nitrogen and oxygen atoms in total. The van der Waals surface area contributed by atoms with Crippen LogP contribution in [0.2, 0.25) is 10.0 Å². The second kappa shape index (κ2) is 12.6. The van der Waals surface area contributed by atoms with Gasteiger partial charge in [0.2, 0.25) is 0 Å². The lowest BCUT2D eigenvalue weighted by Gasteiger charge is -2.21. The van der Waals surface area contributed by atoms with Crippen LogP contribution >= 0.6 is 23.2 Å². The van der Waals surface area contributed by atoms with Crippen molar-refractivity contribution < 1.29 is 32.5 Å². The molecule has 0 N–H and O–H groups in total. The predicted molar refractivity (Wildman–Crippen MR) is 157 cm³/mol. The van der Waals surface area contributed by atoms with Gasteiger partial charge in [0.15, 0.2) is 23.9 Å². The molecule has 0 bridgehead atoms. The fourth-order valence-electron chi connectivity index (χ4n) is 4.50. The van der Waals surface area contributed by atoms with Crippen LogP contribution in [0.15, 0.2) is 67.0 Å². The van der Waals surface area contributed by atoms with Crippen LogP contribution in [-0.4, -0.2) is 33.3 Å². The van der Waals surface area contributed by atoms with Crippen LogP contribution in [-0.2, 0) is 11.2 Å². The van der Waals surface area contributed by atoms with Crippen molar-refractivity contribution in [2.45, 2.75) is 32.0 Å². The van der Waals surface area contributed by atoms with Gasteiger partial charge in [-0.1, -0.05) is 41.4 Å². The van der Waals surface area contributed by atoms with Crippen molar-refractivity contribution in [3.8, 4) is 11.5 Å². The van der Waals surface area contributed by atoms with Crippen LogP contribution < -0.4 is 19.1 Å². The molecule has 11 heteroatoms. The van der Waals surface area contributed by atoms with Crippen molar-refractivity contribution in [2.24, 2.45) is 5.92 Å². The quantitative estimate of drug-likeness (QED) is 0.0994. The fraction of sp³-hybridized carbons (Fsp3) is 0.290. The Morgan fingerprint density at radius 3 is 2.36 bits per heavy atom. The van der Waals surface area contributed by atoms with Crippen molar-refractivity contribution in [3.05, 3.63) is 98.9 Å². The van der Waals surface area contributed by atoms with Crippen LogP contribution in [0.4, 0.5) is 14.5 Å². The zero-order valence-corrected chi connectivity index (χ0v) is 24.4. The first-order valence-electron chi connectivity index (χ1n) is 13.3. The third-order valence-corrected chi connectivity index (χ3v) is 7.65. The second-order valence-corrected chi connectivity index (χ2v) is 11.2. The van der Waals surface area contributed by atoms with Crippen molar-refractivity contribution in [1.82, 2.24) is 0 Å². The lowest BCUT2D eigenvalue weighted by molar-refractivity contribution is -0.605. The summed E-state index contributed by atoms with van der Waals surface area (Å²) in [5.74, 6) is -0.293. The number of rotatable bonds is 11. The third-order valence-electron chi connectivity index (χ3n) is 7.00. The van der Waals surface area contributed by atoms with Gasteiger partial charge in [0.05, 0.1) is 12.2 Å². The van der Waals surface area contributed by atoms with Gasteiger partial charge in [-0.05, 0) is 71.5 Å². The molecule has 0 radical (unpaired) electrons. The number of anilines is 1. The van der Waals surface area contributed by atoms with E-state index in [9.17, 15) is 18.8 Å². The number of alkyl halides is 2. The highest BCUT2D eigenvalue weighted by Crippen LogP contribution is 2.38. The number of carbonyl (C=O) groups excluding carboxylic acids is 1. The summed E-state index contributed by atoms with van der Waals surface area (Å²) in [7, 11) is 3.90. The number of nitrogens with zero attached hydrogens (tertiary/aromatic N) is 2.